The van der Waals surface area contributed by atoms with Crippen molar-refractivity contribution < 1.29 is 9.90 Å². The molecule has 2 unspecified atom stereocenters. The van der Waals surface area contributed by atoms with Crippen LogP contribution in [0.4, 0.5) is 0 Å². The van der Waals surface area contributed by atoms with E-state index in [4.69, 9.17) is 0 Å². The first-order valence-electron chi connectivity index (χ1n) is 6.81. The summed E-state index contributed by atoms with van der Waals surface area (Å²) >= 11 is 0. The maximum absolute atomic E-state index is 12.3. The maximum atomic E-state index is 12.3. The highest BCUT2D eigenvalue weighted by Crippen LogP contribution is 2.17. The fraction of sp³-hybridized carbons (Fsp3) is 0.533. The molecule has 0 aromatic heterocycles. The second-order valence-electron chi connectivity index (χ2n) is 5.47. The molecule has 0 spiro atoms. The standard InChI is InChI=1S/C15H22N2O2/c1-3-15(2,10-18)17-14(19)13-8-11-6-4-5-7-12(11)9-16-13/h4-7,13,16,18H,3,8-10H2,1-2H3,(H,17,19). The van der Waals surface area contributed by atoms with Crippen molar-refractivity contribution in [2.75, 3.05) is 6.61 Å². The Bertz CT molecular complexity index is 455. The van der Waals surface area contributed by atoms with Crippen molar-refractivity contribution in [1.29, 1.82) is 0 Å². The van der Waals surface area contributed by atoms with E-state index in [1.54, 1.807) is 0 Å². The fourth-order valence-electron chi connectivity index (χ4n) is 2.26. The van der Waals surface area contributed by atoms with Gasteiger partial charge < -0.3 is 15.7 Å². The average molecular weight is 262 g/mol. The monoisotopic (exact) mass is 262 g/mol. The summed E-state index contributed by atoms with van der Waals surface area (Å²) < 4.78 is 0. The highest BCUT2D eigenvalue weighted by Gasteiger charge is 2.29. The summed E-state index contributed by atoms with van der Waals surface area (Å²) in [6.07, 6.45) is 1.41. The molecule has 0 fully saturated rings. The van der Waals surface area contributed by atoms with Gasteiger partial charge in [-0.3, -0.25) is 4.79 Å². The number of nitrogens with one attached hydrogen (secondary N) is 2. The largest absolute Gasteiger partial charge is 0.394 e. The molecule has 0 aliphatic carbocycles. The van der Waals surface area contributed by atoms with Crippen LogP contribution >= 0.6 is 0 Å². The zero-order chi connectivity index (χ0) is 13.9. The van der Waals surface area contributed by atoms with Crippen molar-refractivity contribution in [3.05, 3.63) is 35.4 Å². The fourth-order valence-corrected chi connectivity index (χ4v) is 2.26. The van der Waals surface area contributed by atoms with Crippen LogP contribution in [0.25, 0.3) is 0 Å². The number of amides is 1. The number of rotatable bonds is 4. The first-order valence-corrected chi connectivity index (χ1v) is 6.81. The lowest BCUT2D eigenvalue weighted by atomic mass is 9.94. The second kappa shape index (κ2) is 5.72. The molecule has 1 aliphatic heterocycles. The van der Waals surface area contributed by atoms with Crippen LogP contribution in [0.5, 0.6) is 0 Å². The molecule has 1 aromatic rings. The maximum Gasteiger partial charge on any atom is 0.237 e. The summed E-state index contributed by atoms with van der Waals surface area (Å²) in [5.41, 5.74) is 1.95. The van der Waals surface area contributed by atoms with Gasteiger partial charge in [-0.2, -0.15) is 0 Å². The van der Waals surface area contributed by atoms with Crippen molar-refractivity contribution in [2.45, 2.75) is 44.8 Å². The predicted octanol–water partition coefficient (Wildman–Crippen LogP) is 0.978. The van der Waals surface area contributed by atoms with Gasteiger partial charge in [0.25, 0.3) is 0 Å². The number of fused-ring (bicyclic) bond motifs is 1. The summed E-state index contributed by atoms with van der Waals surface area (Å²) in [4.78, 5) is 12.3. The van der Waals surface area contributed by atoms with Gasteiger partial charge in [-0.15, -0.1) is 0 Å². The minimum absolute atomic E-state index is 0.0343. The number of benzene rings is 1. The molecule has 1 amide bonds. The minimum atomic E-state index is -0.532. The molecule has 2 rings (SSSR count). The molecule has 0 saturated carbocycles. The molecule has 1 aromatic carbocycles. The van der Waals surface area contributed by atoms with E-state index in [9.17, 15) is 9.90 Å². The Kier molecular flexibility index (Phi) is 4.22. The first-order chi connectivity index (χ1) is 9.08. The van der Waals surface area contributed by atoms with E-state index in [1.807, 2.05) is 26.0 Å². The Morgan fingerprint density at radius 3 is 2.79 bits per heavy atom. The molecule has 4 nitrogen and oxygen atoms in total. The van der Waals surface area contributed by atoms with Crippen molar-refractivity contribution in [1.82, 2.24) is 10.6 Å². The van der Waals surface area contributed by atoms with Crippen LogP contribution in [0.1, 0.15) is 31.4 Å². The summed E-state index contributed by atoms with van der Waals surface area (Å²) in [5.74, 6) is -0.0343. The third kappa shape index (κ3) is 3.14. The van der Waals surface area contributed by atoms with Crippen molar-refractivity contribution >= 4 is 5.91 Å². The van der Waals surface area contributed by atoms with E-state index < -0.39 is 5.54 Å². The van der Waals surface area contributed by atoms with Crippen LogP contribution in [-0.4, -0.2) is 29.2 Å². The highest BCUT2D eigenvalue weighted by atomic mass is 16.3. The Morgan fingerprint density at radius 1 is 1.47 bits per heavy atom. The van der Waals surface area contributed by atoms with Crippen LogP contribution in [0.3, 0.4) is 0 Å². The molecule has 104 valence electrons. The quantitative estimate of drug-likeness (QED) is 0.758. The van der Waals surface area contributed by atoms with Gasteiger partial charge in [0.1, 0.15) is 0 Å². The van der Waals surface area contributed by atoms with Gasteiger partial charge in [-0.25, -0.2) is 0 Å². The summed E-state index contributed by atoms with van der Waals surface area (Å²) in [6, 6.07) is 7.96. The topological polar surface area (TPSA) is 61.4 Å². The minimum Gasteiger partial charge on any atom is -0.394 e. The van der Waals surface area contributed by atoms with Gasteiger partial charge in [-0.05, 0) is 30.9 Å². The summed E-state index contributed by atoms with van der Waals surface area (Å²) in [6.45, 7) is 4.50. The Morgan fingerprint density at radius 2 is 2.16 bits per heavy atom. The smallest absolute Gasteiger partial charge is 0.237 e. The van der Waals surface area contributed by atoms with Crippen LogP contribution in [-0.2, 0) is 17.8 Å². The van der Waals surface area contributed by atoms with Gasteiger partial charge in [-0.1, -0.05) is 31.2 Å². The number of hydrogen-bond donors (Lipinski definition) is 3. The molecule has 4 heteroatoms. The lowest BCUT2D eigenvalue weighted by molar-refractivity contribution is -0.125. The molecule has 19 heavy (non-hydrogen) atoms. The van der Waals surface area contributed by atoms with Crippen LogP contribution in [0, 0.1) is 0 Å². The number of aliphatic hydroxyl groups excluding tert-OH is 1. The number of aliphatic hydroxyl groups is 1. The zero-order valence-electron chi connectivity index (χ0n) is 11.6. The Labute approximate surface area is 114 Å². The van der Waals surface area contributed by atoms with Gasteiger partial charge in [0.2, 0.25) is 5.91 Å². The number of carbonyl (C=O) groups is 1. The lowest BCUT2D eigenvalue weighted by Gasteiger charge is -2.32. The predicted molar refractivity (Wildman–Crippen MR) is 74.7 cm³/mol. The summed E-state index contributed by atoms with van der Waals surface area (Å²) in [5, 5.41) is 15.5. The van der Waals surface area contributed by atoms with E-state index >= 15 is 0 Å². The van der Waals surface area contributed by atoms with Crippen molar-refractivity contribution in [3.63, 3.8) is 0 Å². The normalized spacial score (nSPS) is 21.3. The van der Waals surface area contributed by atoms with E-state index in [0.29, 0.717) is 12.8 Å². The van der Waals surface area contributed by atoms with Gasteiger partial charge in [0.05, 0.1) is 18.2 Å². The lowest BCUT2D eigenvalue weighted by Crippen LogP contribution is -2.56. The van der Waals surface area contributed by atoms with Crippen LogP contribution in [0.15, 0.2) is 24.3 Å². The molecule has 0 saturated heterocycles. The molecular formula is C15H22N2O2. The zero-order valence-corrected chi connectivity index (χ0v) is 11.6. The summed E-state index contributed by atoms with van der Waals surface area (Å²) in [7, 11) is 0. The van der Waals surface area contributed by atoms with Gasteiger partial charge in [0.15, 0.2) is 0 Å². The Balaban J connectivity index is 2.03. The van der Waals surface area contributed by atoms with Gasteiger partial charge >= 0.3 is 0 Å². The van der Waals surface area contributed by atoms with Crippen molar-refractivity contribution in [2.24, 2.45) is 0 Å². The highest BCUT2D eigenvalue weighted by molar-refractivity contribution is 5.83. The third-order valence-electron chi connectivity index (χ3n) is 3.95. The second-order valence-corrected chi connectivity index (χ2v) is 5.47. The van der Waals surface area contributed by atoms with E-state index in [2.05, 4.69) is 22.8 Å². The number of hydrogen-bond acceptors (Lipinski definition) is 3. The van der Waals surface area contributed by atoms with E-state index in [-0.39, 0.29) is 18.6 Å². The van der Waals surface area contributed by atoms with Crippen LogP contribution in [0.2, 0.25) is 0 Å². The molecule has 1 aliphatic rings. The Hall–Kier alpha value is -1.39. The molecule has 2 atom stereocenters. The number of carbonyl (C=O) groups excluding carboxylic acids is 1. The molecular weight excluding hydrogens is 240 g/mol. The molecule has 1 heterocycles. The SMILES string of the molecule is CCC(C)(CO)NC(=O)C1Cc2ccccc2CN1. The molecule has 3 N–H and O–H groups in total. The average Bonchev–Trinajstić information content (AvgIpc) is 2.46. The molecule has 0 radical (unpaired) electrons. The third-order valence-corrected chi connectivity index (χ3v) is 3.95. The molecule has 0 bridgehead atoms. The van der Waals surface area contributed by atoms with Crippen LogP contribution < -0.4 is 10.6 Å². The first kappa shape index (κ1) is 14.0. The van der Waals surface area contributed by atoms with E-state index in [0.717, 1.165) is 6.54 Å². The van der Waals surface area contributed by atoms with Gasteiger partial charge in [0, 0.05) is 6.54 Å². The van der Waals surface area contributed by atoms with E-state index in [1.165, 1.54) is 11.1 Å². The van der Waals surface area contributed by atoms with Crippen molar-refractivity contribution in [3.8, 4) is 0 Å².